The molecule has 138 valence electrons. The molecule has 0 heterocycles. The first-order valence-electron chi connectivity index (χ1n) is 9.87. The lowest BCUT2D eigenvalue weighted by Gasteiger charge is -2.15. The van der Waals surface area contributed by atoms with Gasteiger partial charge in [0.15, 0.2) is 0 Å². The fourth-order valence-corrected chi connectivity index (χ4v) is 3.90. The molecule has 28 heavy (non-hydrogen) atoms. The van der Waals surface area contributed by atoms with Crippen LogP contribution in [0.2, 0.25) is 0 Å². The summed E-state index contributed by atoms with van der Waals surface area (Å²) in [7, 11) is 0. The van der Waals surface area contributed by atoms with Crippen molar-refractivity contribution in [1.82, 2.24) is 0 Å². The second kappa shape index (κ2) is 7.48. The molecule has 0 heteroatoms. The molecule has 0 unspecified atom stereocenters. The minimum Gasteiger partial charge on any atom is -0.0622 e. The van der Waals surface area contributed by atoms with E-state index in [1.54, 1.807) is 0 Å². The fraction of sp³-hybridized carbons (Fsp3) is 0.143. The normalized spacial score (nSPS) is 10.9. The van der Waals surface area contributed by atoms with Gasteiger partial charge in [0.25, 0.3) is 0 Å². The van der Waals surface area contributed by atoms with Crippen molar-refractivity contribution in [3.8, 4) is 33.4 Å². The summed E-state index contributed by atoms with van der Waals surface area (Å²) in [6, 6.07) is 30.9. The van der Waals surface area contributed by atoms with E-state index in [4.69, 9.17) is 0 Å². The van der Waals surface area contributed by atoms with Crippen LogP contribution in [0.4, 0.5) is 0 Å². The van der Waals surface area contributed by atoms with Crippen molar-refractivity contribution in [3.05, 3.63) is 107 Å². The minimum atomic E-state index is 1.26. The lowest BCUT2D eigenvalue weighted by atomic mass is 9.90. The summed E-state index contributed by atoms with van der Waals surface area (Å²) < 4.78 is 0. The Balaban J connectivity index is 1.79. The Morgan fingerprint density at radius 1 is 0.393 bits per heavy atom. The van der Waals surface area contributed by atoms with Crippen molar-refractivity contribution in [2.75, 3.05) is 0 Å². The highest BCUT2D eigenvalue weighted by Gasteiger charge is 2.10. The van der Waals surface area contributed by atoms with Gasteiger partial charge in [0.1, 0.15) is 0 Å². The minimum absolute atomic E-state index is 1.26. The quantitative estimate of drug-likeness (QED) is 0.347. The maximum absolute atomic E-state index is 2.33. The molecule has 0 aromatic heterocycles. The Hall–Kier alpha value is -3.12. The van der Waals surface area contributed by atoms with Crippen LogP contribution >= 0.6 is 0 Å². The smallest absolute Gasteiger partial charge is 0.0146 e. The van der Waals surface area contributed by atoms with E-state index in [0.29, 0.717) is 0 Å². The van der Waals surface area contributed by atoms with E-state index in [-0.39, 0.29) is 0 Å². The fourth-order valence-electron chi connectivity index (χ4n) is 3.90. The van der Waals surface area contributed by atoms with Gasteiger partial charge in [0, 0.05) is 0 Å². The summed E-state index contributed by atoms with van der Waals surface area (Å²) in [5.74, 6) is 0. The van der Waals surface area contributed by atoms with Crippen molar-refractivity contribution in [2.45, 2.75) is 27.7 Å². The monoisotopic (exact) mass is 362 g/mol. The van der Waals surface area contributed by atoms with E-state index in [2.05, 4.69) is 113 Å². The Morgan fingerprint density at radius 2 is 1.07 bits per heavy atom. The second-order valence-electron chi connectivity index (χ2n) is 7.74. The highest BCUT2D eigenvalue weighted by atomic mass is 14.1. The van der Waals surface area contributed by atoms with Crippen molar-refractivity contribution < 1.29 is 0 Å². The van der Waals surface area contributed by atoms with Gasteiger partial charge in [-0.25, -0.2) is 0 Å². The SMILES string of the molecule is Cc1ccc(C)c(-c2ccc(-c3cc(-c4ccccc4)ccc3C)c(C)c2)c1. The summed E-state index contributed by atoms with van der Waals surface area (Å²) in [5.41, 5.74) is 13.0. The van der Waals surface area contributed by atoms with Crippen LogP contribution in [0.1, 0.15) is 22.3 Å². The van der Waals surface area contributed by atoms with Crippen LogP contribution < -0.4 is 0 Å². The predicted octanol–water partition coefficient (Wildman–Crippen LogP) is 7.92. The van der Waals surface area contributed by atoms with Crippen LogP contribution in [0.5, 0.6) is 0 Å². The van der Waals surface area contributed by atoms with Crippen LogP contribution in [0.25, 0.3) is 33.4 Å². The lowest BCUT2D eigenvalue weighted by molar-refractivity contribution is 1.37. The molecule has 0 amide bonds. The molecule has 0 aliphatic rings. The van der Waals surface area contributed by atoms with Gasteiger partial charge in [-0.3, -0.25) is 0 Å². The molecule has 0 bridgehead atoms. The molecule has 0 spiro atoms. The number of hydrogen-bond acceptors (Lipinski definition) is 0. The molecule has 4 aromatic carbocycles. The summed E-state index contributed by atoms with van der Waals surface area (Å²) in [6.07, 6.45) is 0. The highest BCUT2D eigenvalue weighted by molar-refractivity contribution is 5.80. The van der Waals surface area contributed by atoms with Crippen molar-refractivity contribution in [3.63, 3.8) is 0 Å². The Morgan fingerprint density at radius 3 is 1.82 bits per heavy atom. The first-order chi connectivity index (χ1) is 13.5. The van der Waals surface area contributed by atoms with Crippen LogP contribution in [0.3, 0.4) is 0 Å². The van der Waals surface area contributed by atoms with Crippen molar-refractivity contribution in [1.29, 1.82) is 0 Å². The molecular formula is C28H26. The number of aryl methyl sites for hydroxylation is 4. The van der Waals surface area contributed by atoms with Gasteiger partial charge in [0.05, 0.1) is 0 Å². The number of hydrogen-bond donors (Lipinski definition) is 0. The zero-order valence-electron chi connectivity index (χ0n) is 17.1. The Bertz CT molecular complexity index is 1130. The van der Waals surface area contributed by atoms with E-state index in [9.17, 15) is 0 Å². The zero-order valence-corrected chi connectivity index (χ0v) is 17.1. The van der Waals surface area contributed by atoms with E-state index in [0.717, 1.165) is 0 Å². The summed E-state index contributed by atoms with van der Waals surface area (Å²) >= 11 is 0. The highest BCUT2D eigenvalue weighted by Crippen LogP contribution is 2.34. The van der Waals surface area contributed by atoms with Gasteiger partial charge in [0.2, 0.25) is 0 Å². The predicted molar refractivity (Wildman–Crippen MR) is 122 cm³/mol. The number of rotatable bonds is 3. The topological polar surface area (TPSA) is 0 Å². The Kier molecular flexibility index (Phi) is 4.88. The van der Waals surface area contributed by atoms with Gasteiger partial charge in [-0.2, -0.15) is 0 Å². The van der Waals surface area contributed by atoms with Gasteiger partial charge < -0.3 is 0 Å². The molecule has 0 aliphatic carbocycles. The second-order valence-corrected chi connectivity index (χ2v) is 7.74. The van der Waals surface area contributed by atoms with Gasteiger partial charge in [-0.15, -0.1) is 0 Å². The average molecular weight is 363 g/mol. The molecule has 4 aromatic rings. The first-order valence-corrected chi connectivity index (χ1v) is 9.87. The van der Waals surface area contributed by atoms with Crippen molar-refractivity contribution in [2.24, 2.45) is 0 Å². The molecule has 0 N–H and O–H groups in total. The van der Waals surface area contributed by atoms with Crippen LogP contribution in [0.15, 0.2) is 84.9 Å². The molecule has 0 radical (unpaired) electrons. The van der Waals surface area contributed by atoms with Crippen LogP contribution in [-0.2, 0) is 0 Å². The Labute approximate surface area is 168 Å². The third-order valence-corrected chi connectivity index (χ3v) is 5.57. The maximum Gasteiger partial charge on any atom is -0.0146 e. The molecule has 0 nitrogen and oxygen atoms in total. The summed E-state index contributed by atoms with van der Waals surface area (Å²) in [6.45, 7) is 8.76. The van der Waals surface area contributed by atoms with Crippen molar-refractivity contribution >= 4 is 0 Å². The third kappa shape index (κ3) is 3.51. The van der Waals surface area contributed by atoms with Gasteiger partial charge in [-0.05, 0) is 83.8 Å². The molecular weight excluding hydrogens is 336 g/mol. The molecule has 0 saturated heterocycles. The molecule has 0 fully saturated rings. The largest absolute Gasteiger partial charge is 0.0622 e. The first kappa shape index (κ1) is 18.3. The third-order valence-electron chi connectivity index (χ3n) is 5.57. The zero-order chi connectivity index (χ0) is 19.7. The molecule has 0 atom stereocenters. The standard InChI is InChI=1S/C28H26/c1-19-10-11-20(2)27(16-19)25-14-15-26(22(4)17-25)28-18-24(13-12-21(28)3)23-8-6-5-7-9-23/h5-18H,1-4H3. The average Bonchev–Trinajstić information content (AvgIpc) is 2.71. The van der Waals surface area contributed by atoms with Crippen LogP contribution in [-0.4, -0.2) is 0 Å². The van der Waals surface area contributed by atoms with Gasteiger partial charge in [-0.1, -0.05) is 84.4 Å². The van der Waals surface area contributed by atoms with E-state index in [1.807, 2.05) is 0 Å². The molecule has 0 aliphatic heterocycles. The molecule has 4 rings (SSSR count). The lowest BCUT2D eigenvalue weighted by Crippen LogP contribution is -1.91. The summed E-state index contributed by atoms with van der Waals surface area (Å²) in [5, 5.41) is 0. The number of benzene rings is 4. The maximum atomic E-state index is 2.33. The molecule has 0 saturated carbocycles. The van der Waals surface area contributed by atoms with E-state index < -0.39 is 0 Å². The summed E-state index contributed by atoms with van der Waals surface area (Å²) in [4.78, 5) is 0. The van der Waals surface area contributed by atoms with E-state index in [1.165, 1.54) is 55.6 Å². The van der Waals surface area contributed by atoms with E-state index >= 15 is 0 Å². The van der Waals surface area contributed by atoms with Crippen LogP contribution in [0, 0.1) is 27.7 Å². The van der Waals surface area contributed by atoms with Gasteiger partial charge >= 0.3 is 0 Å².